The third-order valence-corrected chi connectivity index (χ3v) is 5.20. The molecular formula is C17H19NO5S. The second kappa shape index (κ2) is 6.60. The number of hydrogen-bond donors (Lipinski definition) is 1. The molecule has 24 heavy (non-hydrogen) atoms. The molecule has 1 aliphatic rings. The van der Waals surface area contributed by atoms with Gasteiger partial charge in [0.1, 0.15) is 17.2 Å². The van der Waals surface area contributed by atoms with Crippen LogP contribution in [0.2, 0.25) is 0 Å². The van der Waals surface area contributed by atoms with Gasteiger partial charge in [-0.2, -0.15) is 0 Å². The highest BCUT2D eigenvalue weighted by Gasteiger charge is 2.20. The van der Waals surface area contributed by atoms with Gasteiger partial charge in [0.2, 0.25) is 0 Å². The number of aryl methyl sites for hydroxylation is 1. The van der Waals surface area contributed by atoms with Crippen LogP contribution < -0.4 is 18.9 Å². The van der Waals surface area contributed by atoms with E-state index >= 15 is 0 Å². The van der Waals surface area contributed by atoms with E-state index in [-0.39, 0.29) is 4.90 Å². The Morgan fingerprint density at radius 2 is 1.92 bits per heavy atom. The summed E-state index contributed by atoms with van der Waals surface area (Å²) in [5.41, 5.74) is 1.23. The van der Waals surface area contributed by atoms with Crippen molar-refractivity contribution >= 4 is 15.7 Å². The summed E-state index contributed by atoms with van der Waals surface area (Å²) in [5, 5.41) is 0. The van der Waals surface area contributed by atoms with Crippen LogP contribution in [0.4, 0.5) is 5.69 Å². The quantitative estimate of drug-likeness (QED) is 0.898. The first-order chi connectivity index (χ1) is 11.5. The summed E-state index contributed by atoms with van der Waals surface area (Å²) in [6.07, 6.45) is 1.69. The fraction of sp³-hybridized carbons (Fsp3) is 0.294. The van der Waals surface area contributed by atoms with Gasteiger partial charge in [0.25, 0.3) is 10.0 Å². The average Bonchev–Trinajstić information content (AvgIpc) is 2.60. The van der Waals surface area contributed by atoms with E-state index in [1.165, 1.54) is 14.2 Å². The maximum Gasteiger partial charge on any atom is 0.262 e. The van der Waals surface area contributed by atoms with E-state index in [2.05, 4.69) is 4.72 Å². The molecular weight excluding hydrogens is 330 g/mol. The molecule has 0 saturated carbocycles. The van der Waals surface area contributed by atoms with Gasteiger partial charge in [0.15, 0.2) is 0 Å². The molecule has 128 valence electrons. The fourth-order valence-electron chi connectivity index (χ4n) is 2.60. The summed E-state index contributed by atoms with van der Waals surface area (Å²) in [7, 11) is -0.746. The van der Waals surface area contributed by atoms with E-state index in [1.807, 2.05) is 0 Å². The highest BCUT2D eigenvalue weighted by molar-refractivity contribution is 7.92. The molecule has 0 fully saturated rings. The zero-order chi connectivity index (χ0) is 17.2. The molecule has 0 saturated heterocycles. The molecule has 1 aliphatic heterocycles. The number of sulfonamides is 1. The van der Waals surface area contributed by atoms with E-state index in [0.717, 1.165) is 24.2 Å². The molecule has 7 heteroatoms. The summed E-state index contributed by atoms with van der Waals surface area (Å²) in [5.74, 6) is 1.70. The van der Waals surface area contributed by atoms with Crippen LogP contribution in [-0.4, -0.2) is 29.2 Å². The minimum atomic E-state index is -3.75. The van der Waals surface area contributed by atoms with E-state index in [0.29, 0.717) is 23.8 Å². The van der Waals surface area contributed by atoms with Crippen LogP contribution in [0.15, 0.2) is 41.3 Å². The first-order valence-corrected chi connectivity index (χ1v) is 9.02. The lowest BCUT2D eigenvalue weighted by atomic mass is 10.1. The Labute approximate surface area is 141 Å². The first-order valence-electron chi connectivity index (χ1n) is 7.54. The largest absolute Gasteiger partial charge is 0.497 e. The van der Waals surface area contributed by atoms with Crippen LogP contribution in [0, 0.1) is 0 Å². The van der Waals surface area contributed by atoms with E-state index in [4.69, 9.17) is 14.2 Å². The molecule has 1 heterocycles. The van der Waals surface area contributed by atoms with Crippen molar-refractivity contribution in [2.45, 2.75) is 17.7 Å². The standard InChI is InChI=1S/C17H19NO5S/c1-21-13-5-7-17(22-2)15(11-13)18-24(19,20)14-6-8-16-12(10-14)4-3-9-23-16/h5-8,10-11,18H,3-4,9H2,1-2H3. The van der Waals surface area contributed by atoms with Crippen molar-refractivity contribution in [1.29, 1.82) is 0 Å². The second-order valence-corrected chi connectivity index (χ2v) is 7.08. The van der Waals surface area contributed by atoms with Gasteiger partial charge in [-0.15, -0.1) is 0 Å². The van der Waals surface area contributed by atoms with Crippen LogP contribution in [0.3, 0.4) is 0 Å². The molecule has 0 amide bonds. The number of rotatable bonds is 5. The maximum atomic E-state index is 12.7. The van der Waals surface area contributed by atoms with Crippen molar-refractivity contribution in [3.8, 4) is 17.2 Å². The van der Waals surface area contributed by atoms with Crippen LogP contribution >= 0.6 is 0 Å². The first kappa shape index (κ1) is 16.4. The van der Waals surface area contributed by atoms with E-state index < -0.39 is 10.0 Å². The van der Waals surface area contributed by atoms with Gasteiger partial charge in [0.05, 0.1) is 31.4 Å². The van der Waals surface area contributed by atoms with Gasteiger partial charge >= 0.3 is 0 Å². The van der Waals surface area contributed by atoms with Gasteiger partial charge in [-0.25, -0.2) is 8.42 Å². The molecule has 0 radical (unpaired) electrons. The second-order valence-electron chi connectivity index (χ2n) is 5.39. The number of ether oxygens (including phenoxy) is 3. The van der Waals surface area contributed by atoms with Crippen LogP contribution in [-0.2, 0) is 16.4 Å². The lowest BCUT2D eigenvalue weighted by Gasteiger charge is -2.18. The van der Waals surface area contributed by atoms with Gasteiger partial charge < -0.3 is 14.2 Å². The molecule has 0 aliphatic carbocycles. The Hall–Kier alpha value is -2.41. The number of anilines is 1. The average molecular weight is 349 g/mol. The lowest BCUT2D eigenvalue weighted by molar-refractivity contribution is 0.288. The molecule has 3 rings (SSSR count). The van der Waals surface area contributed by atoms with Gasteiger partial charge in [0, 0.05) is 6.07 Å². The molecule has 0 atom stereocenters. The Morgan fingerprint density at radius 1 is 1.08 bits per heavy atom. The van der Waals surface area contributed by atoms with Crippen molar-refractivity contribution in [3.63, 3.8) is 0 Å². The molecule has 2 aromatic rings. The Balaban J connectivity index is 1.94. The fourth-order valence-corrected chi connectivity index (χ4v) is 3.71. The molecule has 1 N–H and O–H groups in total. The normalized spacial score (nSPS) is 13.6. The van der Waals surface area contributed by atoms with Gasteiger partial charge in [-0.1, -0.05) is 0 Å². The predicted molar refractivity (Wildman–Crippen MR) is 90.6 cm³/mol. The number of methoxy groups -OCH3 is 2. The predicted octanol–water partition coefficient (Wildman–Crippen LogP) is 2.83. The Bertz CT molecular complexity index is 848. The van der Waals surface area contributed by atoms with E-state index in [1.54, 1.807) is 36.4 Å². The van der Waals surface area contributed by atoms with E-state index in [9.17, 15) is 8.42 Å². The smallest absolute Gasteiger partial charge is 0.262 e. The van der Waals surface area contributed by atoms with Crippen molar-refractivity contribution < 1.29 is 22.6 Å². The van der Waals surface area contributed by atoms with Gasteiger partial charge in [-0.3, -0.25) is 4.72 Å². The third kappa shape index (κ3) is 3.26. The summed E-state index contributed by atoms with van der Waals surface area (Å²) in [4.78, 5) is 0.191. The highest BCUT2D eigenvalue weighted by Crippen LogP contribution is 2.32. The summed E-state index contributed by atoms with van der Waals surface area (Å²) in [6, 6.07) is 9.83. The molecule has 0 unspecified atom stereocenters. The Kier molecular flexibility index (Phi) is 4.53. The number of fused-ring (bicyclic) bond motifs is 1. The molecule has 2 aromatic carbocycles. The van der Waals surface area contributed by atoms with Crippen molar-refractivity contribution in [3.05, 3.63) is 42.0 Å². The molecule has 0 spiro atoms. The van der Waals surface area contributed by atoms with Crippen molar-refractivity contribution in [2.75, 3.05) is 25.5 Å². The van der Waals surface area contributed by atoms with Gasteiger partial charge in [-0.05, 0) is 48.7 Å². The number of benzene rings is 2. The SMILES string of the molecule is COc1ccc(OC)c(NS(=O)(=O)c2ccc3c(c2)CCCO3)c1. The number of hydrogen-bond acceptors (Lipinski definition) is 5. The molecule has 0 bridgehead atoms. The molecule has 6 nitrogen and oxygen atoms in total. The monoisotopic (exact) mass is 349 g/mol. The van der Waals surface area contributed by atoms with Crippen molar-refractivity contribution in [1.82, 2.24) is 0 Å². The Morgan fingerprint density at radius 3 is 2.67 bits per heavy atom. The topological polar surface area (TPSA) is 73.9 Å². The zero-order valence-corrected chi connectivity index (χ0v) is 14.4. The minimum absolute atomic E-state index is 0.191. The lowest BCUT2D eigenvalue weighted by Crippen LogP contribution is -2.15. The maximum absolute atomic E-state index is 12.7. The minimum Gasteiger partial charge on any atom is -0.497 e. The highest BCUT2D eigenvalue weighted by atomic mass is 32.2. The van der Waals surface area contributed by atoms with Crippen LogP contribution in [0.1, 0.15) is 12.0 Å². The van der Waals surface area contributed by atoms with Crippen LogP contribution in [0.5, 0.6) is 17.2 Å². The summed E-state index contributed by atoms with van der Waals surface area (Å²) < 4.78 is 43.9. The van der Waals surface area contributed by atoms with Crippen LogP contribution in [0.25, 0.3) is 0 Å². The zero-order valence-electron chi connectivity index (χ0n) is 13.5. The number of nitrogens with one attached hydrogen (secondary N) is 1. The summed E-state index contributed by atoms with van der Waals surface area (Å²) >= 11 is 0. The summed E-state index contributed by atoms with van der Waals surface area (Å²) in [6.45, 7) is 0.665. The molecule has 0 aromatic heterocycles. The van der Waals surface area contributed by atoms with Crippen molar-refractivity contribution in [2.24, 2.45) is 0 Å². The third-order valence-electron chi connectivity index (χ3n) is 3.84.